The van der Waals surface area contributed by atoms with Crippen LogP contribution in [0.2, 0.25) is 24.2 Å². The highest BCUT2D eigenvalue weighted by atomic mass is 28.4. The minimum absolute atomic E-state index is 0.513. The lowest BCUT2D eigenvalue weighted by Gasteiger charge is -2.28. The predicted octanol–water partition coefficient (Wildman–Crippen LogP) is 3.73. The van der Waals surface area contributed by atoms with E-state index in [0.29, 0.717) is 9.76 Å². The molecule has 0 aromatic carbocycles. The summed E-state index contributed by atoms with van der Waals surface area (Å²) in [6.45, 7) is 15.1. The molecule has 0 aromatic rings. The smallest absolute Gasteiger partial charge is 0.219 e. The van der Waals surface area contributed by atoms with E-state index in [1.54, 1.807) is 0 Å². The Labute approximate surface area is 97.3 Å². The highest BCUT2D eigenvalue weighted by Crippen LogP contribution is 2.23. The summed E-state index contributed by atoms with van der Waals surface area (Å²) in [6, 6.07) is 3.83. The van der Waals surface area contributed by atoms with Crippen molar-refractivity contribution >= 4 is 18.1 Å². The van der Waals surface area contributed by atoms with Crippen LogP contribution in [0.4, 0.5) is 0 Å². The maximum atomic E-state index is 6.07. The highest BCUT2D eigenvalue weighted by Gasteiger charge is 2.30. The minimum atomic E-state index is -1.72. The maximum Gasteiger partial charge on any atom is 0.219 e. The Hall–Kier alpha value is -0.646. The second kappa shape index (κ2) is 8.65. The third-order valence-corrected chi connectivity index (χ3v) is 7.93. The Morgan fingerprint density at radius 3 is 1.67 bits per heavy atom. The van der Waals surface area contributed by atoms with Gasteiger partial charge < -0.3 is 4.12 Å². The van der Waals surface area contributed by atoms with Crippen LogP contribution in [-0.2, 0) is 4.12 Å². The molecule has 0 atom stereocenters. The van der Waals surface area contributed by atoms with Crippen molar-refractivity contribution in [1.29, 1.82) is 0 Å². The fourth-order valence-corrected chi connectivity index (χ4v) is 6.17. The third-order valence-electron chi connectivity index (χ3n) is 2.07. The molecule has 0 fully saturated rings. The predicted molar refractivity (Wildman–Crippen MR) is 72.6 cm³/mol. The summed E-state index contributed by atoms with van der Waals surface area (Å²) in [5.41, 5.74) is 0. The molecule has 0 saturated heterocycles. The van der Waals surface area contributed by atoms with Gasteiger partial charge in [0.15, 0.2) is 8.32 Å². The lowest BCUT2D eigenvalue weighted by molar-refractivity contribution is 0.580. The third kappa shape index (κ3) is 5.72. The lowest BCUT2D eigenvalue weighted by atomic mass is 10.7. The van der Waals surface area contributed by atoms with Gasteiger partial charge in [0.1, 0.15) is 0 Å². The fourth-order valence-electron chi connectivity index (χ4n) is 1.42. The summed E-state index contributed by atoms with van der Waals surface area (Å²) in [6.07, 6.45) is 7.76. The number of rotatable bonds is 10. The van der Waals surface area contributed by atoms with E-state index in [4.69, 9.17) is 4.12 Å². The van der Waals surface area contributed by atoms with Crippen molar-refractivity contribution in [2.24, 2.45) is 0 Å². The van der Waals surface area contributed by atoms with Gasteiger partial charge in [-0.3, -0.25) is 0 Å². The summed E-state index contributed by atoms with van der Waals surface area (Å²) in [5, 5.41) is 0. The van der Waals surface area contributed by atoms with Crippen molar-refractivity contribution in [2.75, 3.05) is 0 Å². The van der Waals surface area contributed by atoms with Crippen LogP contribution in [0.15, 0.2) is 50.6 Å². The van der Waals surface area contributed by atoms with E-state index >= 15 is 0 Å². The standard InChI is InChI=1S/C12H20OSi2/c1-5-9-14-13-15(10-6-2,11-7-3)12-8-4/h5-8H,1-4,9-12H2. The van der Waals surface area contributed by atoms with E-state index < -0.39 is 8.32 Å². The first-order chi connectivity index (χ1) is 7.24. The first kappa shape index (κ1) is 14.4. The van der Waals surface area contributed by atoms with Crippen molar-refractivity contribution in [3.05, 3.63) is 50.6 Å². The molecule has 82 valence electrons. The van der Waals surface area contributed by atoms with E-state index in [-0.39, 0.29) is 0 Å². The van der Waals surface area contributed by atoms with Gasteiger partial charge in [-0.1, -0.05) is 24.3 Å². The van der Waals surface area contributed by atoms with Crippen LogP contribution in [0.1, 0.15) is 0 Å². The van der Waals surface area contributed by atoms with Crippen molar-refractivity contribution in [2.45, 2.75) is 24.2 Å². The molecule has 0 rings (SSSR count). The zero-order valence-electron chi connectivity index (χ0n) is 9.37. The second-order valence-corrected chi connectivity index (χ2v) is 8.50. The monoisotopic (exact) mass is 236 g/mol. The summed E-state index contributed by atoms with van der Waals surface area (Å²) in [7, 11) is -1.21. The van der Waals surface area contributed by atoms with Crippen molar-refractivity contribution < 1.29 is 4.12 Å². The van der Waals surface area contributed by atoms with Gasteiger partial charge in [-0.2, -0.15) is 0 Å². The van der Waals surface area contributed by atoms with Gasteiger partial charge in [-0.05, 0) is 24.2 Å². The molecule has 2 radical (unpaired) electrons. The minimum Gasteiger partial charge on any atom is -0.455 e. The van der Waals surface area contributed by atoms with Crippen LogP contribution in [0.3, 0.4) is 0 Å². The highest BCUT2D eigenvalue weighted by molar-refractivity contribution is 6.78. The van der Waals surface area contributed by atoms with Crippen LogP contribution in [0, 0.1) is 0 Å². The molecule has 0 saturated carbocycles. The quantitative estimate of drug-likeness (QED) is 0.319. The molecule has 0 aliphatic rings. The Bertz CT molecular complexity index is 197. The van der Waals surface area contributed by atoms with Crippen LogP contribution in [-0.4, -0.2) is 18.1 Å². The molecule has 0 N–H and O–H groups in total. The van der Waals surface area contributed by atoms with Crippen LogP contribution in [0.5, 0.6) is 0 Å². The molecule has 1 nitrogen and oxygen atoms in total. The average molecular weight is 236 g/mol. The van der Waals surface area contributed by atoms with Gasteiger partial charge in [-0.25, -0.2) is 0 Å². The molecule has 0 bridgehead atoms. The molecule has 0 unspecified atom stereocenters. The summed E-state index contributed by atoms with van der Waals surface area (Å²) >= 11 is 0. The van der Waals surface area contributed by atoms with E-state index in [0.717, 1.165) is 24.2 Å². The van der Waals surface area contributed by atoms with Crippen molar-refractivity contribution in [3.63, 3.8) is 0 Å². The maximum absolute atomic E-state index is 6.07. The molecule has 0 amide bonds. The molecule has 0 heterocycles. The Kier molecular flexibility index (Phi) is 8.27. The summed E-state index contributed by atoms with van der Waals surface area (Å²) < 4.78 is 6.07. The topological polar surface area (TPSA) is 9.23 Å². The van der Waals surface area contributed by atoms with Gasteiger partial charge in [0.25, 0.3) is 0 Å². The first-order valence-corrected chi connectivity index (χ1v) is 8.73. The number of hydrogen-bond acceptors (Lipinski definition) is 1. The molecule has 15 heavy (non-hydrogen) atoms. The molecule has 0 aromatic heterocycles. The fraction of sp³-hybridized carbons (Fsp3) is 0.333. The van der Waals surface area contributed by atoms with Gasteiger partial charge in [0.05, 0.1) is 0 Å². The van der Waals surface area contributed by atoms with Crippen LogP contribution >= 0.6 is 0 Å². The van der Waals surface area contributed by atoms with Crippen molar-refractivity contribution in [3.8, 4) is 0 Å². The van der Waals surface area contributed by atoms with Gasteiger partial charge in [-0.15, -0.1) is 26.3 Å². The lowest BCUT2D eigenvalue weighted by Crippen LogP contribution is -2.37. The number of allylic oxidation sites excluding steroid dienone is 4. The van der Waals surface area contributed by atoms with Gasteiger partial charge in [0, 0.05) is 0 Å². The Balaban J connectivity index is 4.43. The Morgan fingerprint density at radius 2 is 1.33 bits per heavy atom. The SMILES string of the molecule is C=CC[Si]O[Si](CC=C)(CC=C)CC=C. The second-order valence-electron chi connectivity index (χ2n) is 3.40. The van der Waals surface area contributed by atoms with E-state index in [1.807, 2.05) is 24.3 Å². The largest absolute Gasteiger partial charge is 0.455 e. The van der Waals surface area contributed by atoms with Gasteiger partial charge >= 0.3 is 0 Å². The molecule has 0 aliphatic heterocycles. The van der Waals surface area contributed by atoms with E-state index in [2.05, 4.69) is 26.3 Å². The first-order valence-electron chi connectivity index (χ1n) is 5.09. The molecule has 3 heteroatoms. The van der Waals surface area contributed by atoms with E-state index in [9.17, 15) is 0 Å². The Morgan fingerprint density at radius 1 is 0.867 bits per heavy atom. The molecular weight excluding hydrogens is 216 g/mol. The van der Waals surface area contributed by atoms with Crippen LogP contribution < -0.4 is 0 Å². The van der Waals surface area contributed by atoms with E-state index in [1.165, 1.54) is 0 Å². The average Bonchev–Trinajstić information content (AvgIpc) is 2.19. The molecular formula is C12H20OSi2. The zero-order valence-corrected chi connectivity index (χ0v) is 11.4. The summed E-state index contributed by atoms with van der Waals surface area (Å²) in [5.74, 6) is 0. The zero-order chi connectivity index (χ0) is 11.6. The molecule has 0 spiro atoms. The van der Waals surface area contributed by atoms with Crippen molar-refractivity contribution in [1.82, 2.24) is 0 Å². The molecule has 0 aliphatic carbocycles. The van der Waals surface area contributed by atoms with Crippen LogP contribution in [0.25, 0.3) is 0 Å². The number of hydrogen-bond donors (Lipinski definition) is 0. The van der Waals surface area contributed by atoms with Gasteiger partial charge in [0.2, 0.25) is 9.76 Å². The normalized spacial score (nSPS) is 10.7. The summed E-state index contributed by atoms with van der Waals surface area (Å²) in [4.78, 5) is 0.